The van der Waals surface area contributed by atoms with E-state index in [1.165, 1.54) is 20.8 Å². The van der Waals surface area contributed by atoms with Crippen molar-refractivity contribution in [2.24, 2.45) is 0 Å². The van der Waals surface area contributed by atoms with Gasteiger partial charge in [-0.25, -0.2) is 4.79 Å². The number of nitrogens with one attached hydrogen (secondary N) is 1. The number of anilines is 2. The standard InChI is InChI=1S/C21H24N4O4S/c1-14-9-10-16(30-14)20(27)24(11-6-12-29-2)17-18(22)25(21(28)23-19(17)26)13-15-7-4-3-5-8-15/h3-5,7-10H,6,11-13,22H2,1-2H3,(H,23,26,28). The normalized spacial score (nSPS) is 10.9. The molecule has 30 heavy (non-hydrogen) atoms. The van der Waals surface area contributed by atoms with E-state index in [-0.39, 0.29) is 30.5 Å². The Hall–Kier alpha value is -3.17. The molecule has 1 aromatic carbocycles. The molecule has 0 unspecified atom stereocenters. The molecule has 2 heterocycles. The van der Waals surface area contributed by atoms with Crippen LogP contribution in [0.1, 0.15) is 26.5 Å². The average Bonchev–Trinajstić information content (AvgIpc) is 3.16. The molecule has 9 heteroatoms. The van der Waals surface area contributed by atoms with E-state index in [4.69, 9.17) is 10.5 Å². The number of amides is 1. The lowest BCUT2D eigenvalue weighted by atomic mass is 10.2. The van der Waals surface area contributed by atoms with Crippen LogP contribution in [-0.2, 0) is 11.3 Å². The van der Waals surface area contributed by atoms with Gasteiger partial charge in [0.25, 0.3) is 11.5 Å². The van der Waals surface area contributed by atoms with Crippen LogP contribution in [0.15, 0.2) is 52.1 Å². The van der Waals surface area contributed by atoms with E-state index < -0.39 is 11.2 Å². The minimum absolute atomic E-state index is 0.0299. The number of hydrogen-bond donors (Lipinski definition) is 2. The molecule has 3 rings (SSSR count). The maximum Gasteiger partial charge on any atom is 0.330 e. The van der Waals surface area contributed by atoms with E-state index in [0.717, 1.165) is 10.4 Å². The van der Waals surface area contributed by atoms with Gasteiger partial charge in [0, 0.05) is 25.1 Å². The van der Waals surface area contributed by atoms with Crippen molar-refractivity contribution in [3.8, 4) is 0 Å². The first-order valence-corrected chi connectivity index (χ1v) is 10.3. The summed E-state index contributed by atoms with van der Waals surface area (Å²) in [5.74, 6) is -0.391. The van der Waals surface area contributed by atoms with E-state index in [1.54, 1.807) is 13.2 Å². The number of nitrogen functional groups attached to an aromatic ring is 1. The van der Waals surface area contributed by atoms with Crippen LogP contribution in [0.2, 0.25) is 0 Å². The summed E-state index contributed by atoms with van der Waals surface area (Å²) in [6, 6.07) is 12.8. The molecule has 0 atom stereocenters. The molecular formula is C21H24N4O4S. The van der Waals surface area contributed by atoms with E-state index in [9.17, 15) is 14.4 Å². The molecular weight excluding hydrogens is 404 g/mol. The van der Waals surface area contributed by atoms with Gasteiger partial charge >= 0.3 is 5.69 Å². The van der Waals surface area contributed by atoms with Gasteiger partial charge in [-0.2, -0.15) is 0 Å². The van der Waals surface area contributed by atoms with Crippen LogP contribution in [0.25, 0.3) is 0 Å². The van der Waals surface area contributed by atoms with Crippen LogP contribution < -0.4 is 21.9 Å². The maximum absolute atomic E-state index is 13.2. The molecule has 1 amide bonds. The molecule has 0 aliphatic carbocycles. The van der Waals surface area contributed by atoms with Crippen molar-refractivity contribution in [1.82, 2.24) is 9.55 Å². The molecule has 0 radical (unpaired) electrons. The lowest BCUT2D eigenvalue weighted by Crippen LogP contribution is -2.41. The number of nitrogens with two attached hydrogens (primary N) is 1. The summed E-state index contributed by atoms with van der Waals surface area (Å²) in [7, 11) is 1.57. The highest BCUT2D eigenvalue weighted by Crippen LogP contribution is 2.24. The van der Waals surface area contributed by atoms with Gasteiger partial charge in [0.1, 0.15) is 5.82 Å². The monoisotopic (exact) mass is 428 g/mol. The van der Waals surface area contributed by atoms with Crippen LogP contribution in [-0.4, -0.2) is 35.7 Å². The number of aromatic nitrogens is 2. The number of hydrogen-bond acceptors (Lipinski definition) is 6. The van der Waals surface area contributed by atoms with E-state index in [0.29, 0.717) is 17.9 Å². The van der Waals surface area contributed by atoms with E-state index >= 15 is 0 Å². The van der Waals surface area contributed by atoms with Crippen LogP contribution in [0.4, 0.5) is 11.5 Å². The van der Waals surface area contributed by atoms with Gasteiger partial charge in [-0.15, -0.1) is 11.3 Å². The third kappa shape index (κ3) is 4.69. The summed E-state index contributed by atoms with van der Waals surface area (Å²) in [5.41, 5.74) is 5.78. The predicted octanol–water partition coefficient (Wildman–Crippen LogP) is 2.22. The molecule has 158 valence electrons. The van der Waals surface area contributed by atoms with Gasteiger partial charge in [0.05, 0.1) is 11.4 Å². The third-order valence-corrected chi connectivity index (χ3v) is 5.58. The van der Waals surface area contributed by atoms with Crippen molar-refractivity contribution in [3.63, 3.8) is 0 Å². The molecule has 0 fully saturated rings. The number of methoxy groups -OCH3 is 1. The zero-order chi connectivity index (χ0) is 21.7. The summed E-state index contributed by atoms with van der Waals surface area (Å²) >= 11 is 1.34. The number of nitrogens with zero attached hydrogens (tertiary/aromatic N) is 2. The zero-order valence-electron chi connectivity index (χ0n) is 16.9. The first-order valence-electron chi connectivity index (χ1n) is 9.46. The number of benzene rings is 1. The second-order valence-corrected chi connectivity index (χ2v) is 8.07. The van der Waals surface area contributed by atoms with Crippen molar-refractivity contribution < 1.29 is 9.53 Å². The first kappa shape index (κ1) is 21.5. The molecule has 0 aliphatic heterocycles. The van der Waals surface area contributed by atoms with Crippen molar-refractivity contribution >= 4 is 28.7 Å². The summed E-state index contributed by atoms with van der Waals surface area (Å²) in [5, 5.41) is 0. The quantitative estimate of drug-likeness (QED) is 0.535. The van der Waals surface area contributed by atoms with Crippen molar-refractivity contribution in [3.05, 3.63) is 78.6 Å². The summed E-state index contributed by atoms with van der Waals surface area (Å²) in [6.45, 7) is 2.71. The minimum Gasteiger partial charge on any atom is -0.385 e. The second kappa shape index (κ2) is 9.55. The Labute approximate surface area is 177 Å². The van der Waals surface area contributed by atoms with Gasteiger partial charge in [-0.05, 0) is 31.0 Å². The molecule has 0 saturated heterocycles. The Balaban J connectivity index is 2.07. The molecule has 3 N–H and O–H groups in total. The highest BCUT2D eigenvalue weighted by atomic mass is 32.1. The summed E-state index contributed by atoms with van der Waals surface area (Å²) in [6.07, 6.45) is 0.503. The first-order chi connectivity index (χ1) is 14.4. The minimum atomic E-state index is -0.694. The van der Waals surface area contributed by atoms with Crippen molar-refractivity contribution in [2.75, 3.05) is 30.9 Å². The van der Waals surface area contributed by atoms with E-state index in [2.05, 4.69) is 4.98 Å². The maximum atomic E-state index is 13.2. The average molecular weight is 429 g/mol. The smallest absolute Gasteiger partial charge is 0.330 e. The molecule has 0 saturated carbocycles. The number of rotatable bonds is 8. The highest BCUT2D eigenvalue weighted by Gasteiger charge is 2.26. The molecule has 2 aromatic heterocycles. The second-order valence-electron chi connectivity index (χ2n) is 6.78. The Morgan fingerprint density at radius 2 is 1.93 bits per heavy atom. The number of aromatic amines is 1. The van der Waals surface area contributed by atoms with Gasteiger partial charge < -0.3 is 10.5 Å². The molecule has 0 aliphatic rings. The number of carbonyl (C=O) groups excluding carboxylic acids is 1. The third-order valence-electron chi connectivity index (χ3n) is 4.59. The molecule has 0 bridgehead atoms. The molecule has 3 aromatic rings. The predicted molar refractivity (Wildman–Crippen MR) is 119 cm³/mol. The van der Waals surface area contributed by atoms with Gasteiger partial charge in [-0.1, -0.05) is 30.3 Å². The van der Waals surface area contributed by atoms with Crippen molar-refractivity contribution in [1.29, 1.82) is 0 Å². The van der Waals surface area contributed by atoms with E-state index in [1.807, 2.05) is 43.3 Å². The van der Waals surface area contributed by atoms with Crippen LogP contribution in [0.3, 0.4) is 0 Å². The van der Waals surface area contributed by atoms with Crippen LogP contribution in [0.5, 0.6) is 0 Å². The lowest BCUT2D eigenvalue weighted by molar-refractivity contribution is 0.0987. The number of ether oxygens (including phenoxy) is 1. The van der Waals surface area contributed by atoms with Crippen LogP contribution in [0, 0.1) is 6.92 Å². The fraction of sp³-hybridized carbons (Fsp3) is 0.286. The van der Waals surface area contributed by atoms with Crippen molar-refractivity contribution in [2.45, 2.75) is 19.9 Å². The number of thiophene rings is 1. The SMILES string of the molecule is COCCCN(C(=O)c1ccc(C)s1)c1c(N)n(Cc2ccccc2)c(=O)[nH]c1=O. The lowest BCUT2D eigenvalue weighted by Gasteiger charge is -2.24. The summed E-state index contributed by atoms with van der Waals surface area (Å²) < 4.78 is 6.36. The van der Waals surface area contributed by atoms with Gasteiger partial charge in [0.15, 0.2) is 5.69 Å². The fourth-order valence-corrected chi connectivity index (χ4v) is 3.94. The number of carbonyl (C=O) groups is 1. The Morgan fingerprint density at radius 3 is 2.57 bits per heavy atom. The fourth-order valence-electron chi connectivity index (χ4n) is 3.13. The van der Waals surface area contributed by atoms with Crippen LogP contribution >= 0.6 is 11.3 Å². The van der Waals surface area contributed by atoms with Gasteiger partial charge in [-0.3, -0.25) is 24.0 Å². The largest absolute Gasteiger partial charge is 0.385 e. The van der Waals surface area contributed by atoms with Gasteiger partial charge in [0.2, 0.25) is 0 Å². The molecule has 0 spiro atoms. The topological polar surface area (TPSA) is 110 Å². The summed E-state index contributed by atoms with van der Waals surface area (Å²) in [4.78, 5) is 43.5. The number of aryl methyl sites for hydroxylation is 1. The number of H-pyrrole nitrogens is 1. The molecule has 8 nitrogen and oxygen atoms in total. The Bertz CT molecular complexity index is 1130. The zero-order valence-corrected chi connectivity index (χ0v) is 17.7. The highest BCUT2D eigenvalue weighted by molar-refractivity contribution is 7.14. The Morgan fingerprint density at radius 1 is 1.20 bits per heavy atom. The Kier molecular flexibility index (Phi) is 6.86.